The molecule has 2 aliphatic rings. The number of aromatic amines is 1. The van der Waals surface area contributed by atoms with Gasteiger partial charge in [-0.15, -0.1) is 0 Å². The standard InChI is InChI=1S/C17H20F2N4O/c18-15(19)16-21-13-5-3-4-12(14(13)22-16)17(24)20-10-8-11(9-10)23-6-1-2-7-23/h3-5,10-11,15H,1-2,6-9H2,(H,20,24)(H,21,22). The van der Waals surface area contributed by atoms with Crippen molar-refractivity contribution in [2.45, 2.75) is 44.2 Å². The van der Waals surface area contributed by atoms with Crippen LogP contribution in [-0.2, 0) is 0 Å². The Bertz CT molecular complexity index is 748. The Kier molecular flexibility index (Phi) is 3.96. The number of alkyl halides is 2. The highest BCUT2D eigenvalue weighted by atomic mass is 19.3. The number of benzene rings is 1. The molecule has 1 aliphatic heterocycles. The zero-order chi connectivity index (χ0) is 16.7. The van der Waals surface area contributed by atoms with Gasteiger partial charge in [0.1, 0.15) is 5.52 Å². The molecule has 1 saturated carbocycles. The molecule has 1 aliphatic carbocycles. The molecule has 5 nitrogen and oxygen atoms in total. The van der Waals surface area contributed by atoms with Gasteiger partial charge in [-0.25, -0.2) is 13.8 Å². The minimum atomic E-state index is -2.68. The van der Waals surface area contributed by atoms with Crippen LogP contribution in [0.5, 0.6) is 0 Å². The van der Waals surface area contributed by atoms with Crippen LogP contribution >= 0.6 is 0 Å². The number of carbonyl (C=O) groups is 1. The van der Waals surface area contributed by atoms with Gasteiger partial charge in [0.2, 0.25) is 0 Å². The van der Waals surface area contributed by atoms with Gasteiger partial charge >= 0.3 is 0 Å². The van der Waals surface area contributed by atoms with Crippen LogP contribution in [0.15, 0.2) is 18.2 Å². The van der Waals surface area contributed by atoms with Crippen molar-refractivity contribution in [3.63, 3.8) is 0 Å². The maximum absolute atomic E-state index is 12.8. The van der Waals surface area contributed by atoms with E-state index in [4.69, 9.17) is 0 Å². The SMILES string of the molecule is O=C(NC1CC(N2CCCC2)C1)c1cccc2[nH]c(C(F)F)nc12. The van der Waals surface area contributed by atoms with Crippen molar-refractivity contribution >= 4 is 16.9 Å². The molecule has 1 aromatic carbocycles. The Morgan fingerprint density at radius 1 is 1.29 bits per heavy atom. The maximum atomic E-state index is 12.8. The van der Waals surface area contributed by atoms with Crippen LogP contribution in [0, 0.1) is 0 Å². The third-order valence-electron chi connectivity index (χ3n) is 5.09. The summed E-state index contributed by atoms with van der Waals surface area (Å²) < 4.78 is 25.6. The van der Waals surface area contributed by atoms with E-state index in [1.165, 1.54) is 12.8 Å². The quantitative estimate of drug-likeness (QED) is 0.904. The number of hydrogen-bond acceptors (Lipinski definition) is 3. The fraction of sp³-hybridized carbons (Fsp3) is 0.529. The van der Waals surface area contributed by atoms with Gasteiger partial charge in [0.05, 0.1) is 11.1 Å². The summed E-state index contributed by atoms with van der Waals surface area (Å²) >= 11 is 0. The number of imidazole rings is 1. The lowest BCUT2D eigenvalue weighted by atomic mass is 9.85. The van der Waals surface area contributed by atoms with Crippen LogP contribution in [0.1, 0.15) is 48.3 Å². The van der Waals surface area contributed by atoms with Crippen molar-refractivity contribution in [3.05, 3.63) is 29.6 Å². The molecule has 128 valence electrons. The first-order valence-corrected chi connectivity index (χ1v) is 8.43. The molecule has 24 heavy (non-hydrogen) atoms. The van der Waals surface area contributed by atoms with Gasteiger partial charge in [0.15, 0.2) is 5.82 Å². The van der Waals surface area contributed by atoms with E-state index in [1.807, 2.05) is 0 Å². The first-order chi connectivity index (χ1) is 11.6. The zero-order valence-corrected chi connectivity index (χ0v) is 13.3. The van der Waals surface area contributed by atoms with Crippen molar-refractivity contribution in [2.75, 3.05) is 13.1 Å². The van der Waals surface area contributed by atoms with Crippen molar-refractivity contribution in [3.8, 4) is 0 Å². The number of H-pyrrole nitrogens is 1. The summed E-state index contributed by atoms with van der Waals surface area (Å²) in [4.78, 5) is 21.5. The first kappa shape index (κ1) is 15.5. The van der Waals surface area contributed by atoms with Gasteiger partial charge in [-0.05, 0) is 50.9 Å². The third-order valence-corrected chi connectivity index (χ3v) is 5.09. The van der Waals surface area contributed by atoms with Crippen LogP contribution in [0.4, 0.5) is 8.78 Å². The lowest BCUT2D eigenvalue weighted by Gasteiger charge is -2.41. The highest BCUT2D eigenvalue weighted by molar-refractivity contribution is 6.05. The molecule has 0 spiro atoms. The number of halogens is 2. The van der Waals surface area contributed by atoms with E-state index in [1.54, 1.807) is 18.2 Å². The number of fused-ring (bicyclic) bond motifs is 1. The Labute approximate surface area is 138 Å². The van der Waals surface area contributed by atoms with Crippen LogP contribution in [0.3, 0.4) is 0 Å². The largest absolute Gasteiger partial charge is 0.349 e. The lowest BCUT2D eigenvalue weighted by Crippen LogP contribution is -2.53. The molecular weight excluding hydrogens is 314 g/mol. The number of nitrogens with one attached hydrogen (secondary N) is 2. The molecule has 4 rings (SSSR count). The average molecular weight is 334 g/mol. The van der Waals surface area contributed by atoms with Gasteiger partial charge < -0.3 is 15.2 Å². The molecule has 7 heteroatoms. The molecular formula is C17H20F2N4O. The van der Waals surface area contributed by atoms with Crippen molar-refractivity contribution in [1.29, 1.82) is 0 Å². The number of rotatable bonds is 4. The number of nitrogens with zero attached hydrogens (tertiary/aromatic N) is 2. The summed E-state index contributed by atoms with van der Waals surface area (Å²) in [6.45, 7) is 2.32. The van der Waals surface area contributed by atoms with Gasteiger partial charge in [0.25, 0.3) is 12.3 Å². The van der Waals surface area contributed by atoms with Crippen LogP contribution in [0.2, 0.25) is 0 Å². The summed E-state index contributed by atoms with van der Waals surface area (Å²) in [5.41, 5.74) is 1.11. The average Bonchev–Trinajstić information content (AvgIpc) is 3.18. The minimum Gasteiger partial charge on any atom is -0.349 e. The first-order valence-electron chi connectivity index (χ1n) is 8.43. The smallest absolute Gasteiger partial charge is 0.295 e. The van der Waals surface area contributed by atoms with E-state index >= 15 is 0 Å². The normalized spacial score (nSPS) is 24.5. The predicted octanol–water partition coefficient (Wildman–Crippen LogP) is 2.86. The fourth-order valence-electron chi connectivity index (χ4n) is 3.71. The van der Waals surface area contributed by atoms with Gasteiger partial charge in [0, 0.05) is 12.1 Å². The Morgan fingerprint density at radius 2 is 2.04 bits per heavy atom. The molecule has 1 aromatic heterocycles. The second kappa shape index (κ2) is 6.12. The molecule has 2 fully saturated rings. The van der Waals surface area contributed by atoms with Crippen LogP contribution < -0.4 is 5.32 Å². The Balaban J connectivity index is 1.44. The second-order valence-corrected chi connectivity index (χ2v) is 6.66. The highest BCUT2D eigenvalue weighted by Gasteiger charge is 2.35. The summed E-state index contributed by atoms with van der Waals surface area (Å²) in [6, 6.07) is 5.69. The second-order valence-electron chi connectivity index (χ2n) is 6.66. The van der Waals surface area contributed by atoms with E-state index in [0.717, 1.165) is 25.9 Å². The van der Waals surface area contributed by atoms with E-state index in [0.29, 0.717) is 22.6 Å². The van der Waals surface area contributed by atoms with Crippen LogP contribution in [-0.4, -0.2) is 45.9 Å². The molecule has 2 aromatic rings. The molecule has 0 atom stereocenters. The molecule has 2 N–H and O–H groups in total. The van der Waals surface area contributed by atoms with E-state index in [9.17, 15) is 13.6 Å². The number of amides is 1. The molecule has 1 amide bonds. The zero-order valence-electron chi connectivity index (χ0n) is 13.3. The van der Waals surface area contributed by atoms with Crippen molar-refractivity contribution in [1.82, 2.24) is 20.2 Å². The lowest BCUT2D eigenvalue weighted by molar-refractivity contribution is 0.0821. The minimum absolute atomic E-state index is 0.159. The Morgan fingerprint density at radius 3 is 2.75 bits per heavy atom. The number of hydrogen-bond donors (Lipinski definition) is 2. The summed E-state index contributed by atoms with van der Waals surface area (Å²) in [7, 11) is 0. The van der Waals surface area contributed by atoms with Gasteiger partial charge in [-0.2, -0.15) is 0 Å². The van der Waals surface area contributed by atoms with Gasteiger partial charge in [-0.1, -0.05) is 6.07 Å². The summed E-state index contributed by atoms with van der Waals surface area (Å²) in [5.74, 6) is -0.638. The van der Waals surface area contributed by atoms with E-state index in [2.05, 4.69) is 20.2 Å². The van der Waals surface area contributed by atoms with E-state index in [-0.39, 0.29) is 11.9 Å². The Hall–Kier alpha value is -2.02. The number of aromatic nitrogens is 2. The molecule has 0 bridgehead atoms. The molecule has 1 saturated heterocycles. The van der Waals surface area contributed by atoms with Gasteiger partial charge in [-0.3, -0.25) is 4.79 Å². The van der Waals surface area contributed by atoms with Crippen LogP contribution in [0.25, 0.3) is 11.0 Å². The third kappa shape index (κ3) is 2.77. The molecule has 0 unspecified atom stereocenters. The number of carbonyl (C=O) groups excluding carboxylic acids is 1. The van der Waals surface area contributed by atoms with E-state index < -0.39 is 12.2 Å². The summed E-state index contributed by atoms with van der Waals surface area (Å²) in [6.07, 6.45) is 1.78. The topological polar surface area (TPSA) is 61.0 Å². The number of para-hydroxylation sites is 1. The van der Waals surface area contributed by atoms with Crippen molar-refractivity contribution < 1.29 is 13.6 Å². The highest BCUT2D eigenvalue weighted by Crippen LogP contribution is 2.29. The fourth-order valence-corrected chi connectivity index (χ4v) is 3.71. The monoisotopic (exact) mass is 334 g/mol. The maximum Gasteiger partial charge on any atom is 0.295 e. The summed E-state index contributed by atoms with van der Waals surface area (Å²) in [5, 5.41) is 3.01. The molecule has 0 radical (unpaired) electrons. The predicted molar refractivity (Wildman–Crippen MR) is 86.1 cm³/mol. The van der Waals surface area contributed by atoms with Crippen molar-refractivity contribution in [2.24, 2.45) is 0 Å². The molecule has 2 heterocycles. The number of likely N-dealkylation sites (tertiary alicyclic amines) is 1.